The smallest absolute Gasteiger partial charge is 0.256 e. The van der Waals surface area contributed by atoms with Gasteiger partial charge in [0, 0.05) is 50.2 Å². The van der Waals surface area contributed by atoms with Gasteiger partial charge in [-0.3, -0.25) is 19.3 Å². The number of likely N-dealkylation sites (tertiary alicyclic amines) is 1. The summed E-state index contributed by atoms with van der Waals surface area (Å²) in [6, 6.07) is 12.0. The number of amides is 3. The Bertz CT molecular complexity index is 1170. The molecule has 3 heterocycles. The van der Waals surface area contributed by atoms with E-state index in [0.29, 0.717) is 44.6 Å². The Balaban J connectivity index is 1.36. The van der Waals surface area contributed by atoms with Crippen molar-refractivity contribution in [2.75, 3.05) is 32.8 Å². The summed E-state index contributed by atoms with van der Waals surface area (Å²) in [5.41, 5.74) is 0.637. The summed E-state index contributed by atoms with van der Waals surface area (Å²) < 4.78 is 25.8. The zero-order valence-electron chi connectivity index (χ0n) is 21.0. The van der Waals surface area contributed by atoms with Gasteiger partial charge >= 0.3 is 0 Å². The maximum absolute atomic E-state index is 14.0. The van der Waals surface area contributed by atoms with E-state index in [1.807, 2.05) is 31.2 Å². The van der Waals surface area contributed by atoms with Crippen LogP contribution in [0.15, 0.2) is 48.5 Å². The molecule has 2 aromatic carbocycles. The first kappa shape index (κ1) is 25.4. The average Bonchev–Trinajstić information content (AvgIpc) is 3.56. The second-order valence-corrected chi connectivity index (χ2v) is 9.95. The van der Waals surface area contributed by atoms with Gasteiger partial charge in [0.2, 0.25) is 5.91 Å². The lowest BCUT2D eigenvalue weighted by atomic mass is 9.95. The number of benzene rings is 2. The Morgan fingerprint density at radius 1 is 1.08 bits per heavy atom. The predicted octanol–water partition coefficient (Wildman–Crippen LogP) is 2.90. The van der Waals surface area contributed by atoms with Crippen molar-refractivity contribution in [1.29, 1.82) is 0 Å². The summed E-state index contributed by atoms with van der Waals surface area (Å²) in [4.78, 5) is 43.4. The van der Waals surface area contributed by atoms with Gasteiger partial charge in [-0.1, -0.05) is 24.3 Å². The van der Waals surface area contributed by atoms with E-state index in [1.165, 1.54) is 29.2 Å². The highest BCUT2D eigenvalue weighted by Gasteiger charge is 2.54. The number of hydrogen-bond acceptors (Lipinski definition) is 5. The number of halogens is 1. The first-order valence-electron chi connectivity index (χ1n) is 12.9. The minimum absolute atomic E-state index is 0.0319. The van der Waals surface area contributed by atoms with Crippen LogP contribution in [0, 0.1) is 12.7 Å². The van der Waals surface area contributed by atoms with Gasteiger partial charge in [-0.05, 0) is 49.6 Å². The van der Waals surface area contributed by atoms with Crippen molar-refractivity contribution in [3.05, 3.63) is 71.0 Å². The third-order valence-corrected chi connectivity index (χ3v) is 7.59. The molecule has 3 fully saturated rings. The molecule has 0 aromatic heterocycles. The predicted molar refractivity (Wildman–Crippen MR) is 133 cm³/mol. The molecular weight excluding hydrogens is 477 g/mol. The molecule has 2 aromatic rings. The van der Waals surface area contributed by atoms with Crippen LogP contribution in [-0.2, 0) is 14.3 Å². The molecule has 0 unspecified atom stereocenters. The minimum atomic E-state index is -1.06. The Morgan fingerprint density at radius 3 is 2.57 bits per heavy atom. The third kappa shape index (κ3) is 5.10. The number of nitrogens with zero attached hydrogens (tertiary/aromatic N) is 2. The maximum atomic E-state index is 14.0. The molecule has 37 heavy (non-hydrogen) atoms. The van der Waals surface area contributed by atoms with Crippen molar-refractivity contribution in [2.24, 2.45) is 0 Å². The van der Waals surface area contributed by atoms with Crippen LogP contribution in [0.4, 0.5) is 4.39 Å². The van der Waals surface area contributed by atoms with Gasteiger partial charge in [0.15, 0.2) is 0 Å². The lowest BCUT2D eigenvalue weighted by molar-refractivity contribution is -0.128. The van der Waals surface area contributed by atoms with Gasteiger partial charge in [0.25, 0.3) is 11.8 Å². The summed E-state index contributed by atoms with van der Waals surface area (Å²) in [5, 5.41) is 2.91. The van der Waals surface area contributed by atoms with E-state index in [1.54, 1.807) is 4.90 Å². The topological polar surface area (TPSA) is 88.2 Å². The third-order valence-electron chi connectivity index (χ3n) is 7.59. The van der Waals surface area contributed by atoms with Crippen molar-refractivity contribution in [3.63, 3.8) is 0 Å². The number of piperidine rings is 1. The summed E-state index contributed by atoms with van der Waals surface area (Å²) >= 11 is 0. The molecule has 2 atom stereocenters. The molecule has 3 amide bonds. The zero-order valence-corrected chi connectivity index (χ0v) is 21.0. The standard InChI is InChI=1S/C28H32FN3O5/c1-19-6-2-3-10-23(19)27(35)31-13-11-28(12-14-31)32(26(34)20-7-4-8-21(29)16-20)24(18-37-28)25(33)30-17-22-9-5-15-36-22/h2-4,6-8,10,16,22,24H,5,9,11-15,17-18H2,1H3,(H,30,33)/t22-,24-/m0/s1. The van der Waals surface area contributed by atoms with Gasteiger partial charge in [-0.2, -0.15) is 0 Å². The van der Waals surface area contributed by atoms with Crippen molar-refractivity contribution in [3.8, 4) is 0 Å². The van der Waals surface area contributed by atoms with Gasteiger partial charge in [-0.25, -0.2) is 4.39 Å². The average molecular weight is 510 g/mol. The van der Waals surface area contributed by atoms with Crippen molar-refractivity contribution >= 4 is 17.7 Å². The highest BCUT2D eigenvalue weighted by atomic mass is 19.1. The number of aryl methyl sites for hydroxylation is 1. The first-order chi connectivity index (χ1) is 17.9. The van der Waals surface area contributed by atoms with Crippen LogP contribution in [-0.4, -0.2) is 78.2 Å². The van der Waals surface area contributed by atoms with Gasteiger partial charge in [0.05, 0.1) is 12.7 Å². The Kier molecular flexibility index (Phi) is 7.26. The molecule has 3 saturated heterocycles. The van der Waals surface area contributed by atoms with Crippen molar-refractivity contribution in [2.45, 2.75) is 50.5 Å². The molecule has 3 aliphatic rings. The molecular formula is C28H32FN3O5. The van der Waals surface area contributed by atoms with E-state index in [2.05, 4.69) is 5.32 Å². The van der Waals surface area contributed by atoms with Crippen LogP contribution in [0.3, 0.4) is 0 Å². The minimum Gasteiger partial charge on any atom is -0.376 e. The van der Waals surface area contributed by atoms with E-state index in [4.69, 9.17) is 9.47 Å². The van der Waals surface area contributed by atoms with Gasteiger partial charge in [0.1, 0.15) is 17.6 Å². The molecule has 3 aliphatic heterocycles. The molecule has 0 aliphatic carbocycles. The molecule has 9 heteroatoms. The number of carbonyl (C=O) groups excluding carboxylic acids is 3. The van der Waals surface area contributed by atoms with Crippen LogP contribution in [0.25, 0.3) is 0 Å². The zero-order chi connectivity index (χ0) is 26.0. The largest absolute Gasteiger partial charge is 0.376 e. The molecule has 0 radical (unpaired) electrons. The number of nitrogens with one attached hydrogen (secondary N) is 1. The van der Waals surface area contributed by atoms with Crippen LogP contribution >= 0.6 is 0 Å². The highest BCUT2D eigenvalue weighted by molar-refractivity contribution is 5.99. The SMILES string of the molecule is Cc1ccccc1C(=O)N1CCC2(CC1)OC[C@@H](C(=O)NC[C@@H]1CCCO1)N2C(=O)c1cccc(F)c1. The number of carbonyl (C=O) groups is 3. The number of hydrogen-bond donors (Lipinski definition) is 1. The van der Waals surface area contributed by atoms with E-state index in [9.17, 15) is 18.8 Å². The Hall–Kier alpha value is -3.30. The summed E-state index contributed by atoms with van der Waals surface area (Å²) in [6.07, 6.45) is 2.49. The molecule has 196 valence electrons. The van der Waals surface area contributed by atoms with E-state index in [0.717, 1.165) is 18.4 Å². The molecule has 0 saturated carbocycles. The molecule has 0 bridgehead atoms. The molecule has 1 N–H and O–H groups in total. The lowest BCUT2D eigenvalue weighted by Gasteiger charge is -2.44. The number of ether oxygens (including phenoxy) is 2. The Morgan fingerprint density at radius 2 is 1.86 bits per heavy atom. The van der Waals surface area contributed by atoms with Crippen LogP contribution in [0.5, 0.6) is 0 Å². The molecule has 8 nitrogen and oxygen atoms in total. The summed E-state index contributed by atoms with van der Waals surface area (Å²) in [6.45, 7) is 3.71. The number of rotatable bonds is 5. The highest BCUT2D eigenvalue weighted by Crippen LogP contribution is 2.39. The van der Waals surface area contributed by atoms with Crippen LogP contribution < -0.4 is 5.32 Å². The van der Waals surface area contributed by atoms with E-state index < -0.39 is 23.5 Å². The second-order valence-electron chi connectivity index (χ2n) is 9.95. The van der Waals surface area contributed by atoms with Crippen molar-refractivity contribution < 1.29 is 28.2 Å². The maximum Gasteiger partial charge on any atom is 0.256 e. The monoisotopic (exact) mass is 509 g/mol. The molecule has 5 rings (SSSR count). The fraction of sp³-hybridized carbons (Fsp3) is 0.464. The van der Waals surface area contributed by atoms with Crippen LogP contribution in [0.1, 0.15) is 52.0 Å². The van der Waals surface area contributed by atoms with Crippen molar-refractivity contribution in [1.82, 2.24) is 15.1 Å². The second kappa shape index (κ2) is 10.6. The molecule has 1 spiro atoms. The van der Waals surface area contributed by atoms with Gasteiger partial charge < -0.3 is 19.7 Å². The van der Waals surface area contributed by atoms with Crippen LogP contribution in [0.2, 0.25) is 0 Å². The fourth-order valence-electron chi connectivity index (χ4n) is 5.51. The quantitative estimate of drug-likeness (QED) is 0.670. The van der Waals surface area contributed by atoms with Gasteiger partial charge in [-0.15, -0.1) is 0 Å². The fourth-order valence-corrected chi connectivity index (χ4v) is 5.51. The summed E-state index contributed by atoms with van der Waals surface area (Å²) in [7, 11) is 0. The van der Waals surface area contributed by atoms with E-state index in [-0.39, 0.29) is 30.1 Å². The van der Waals surface area contributed by atoms with E-state index >= 15 is 0 Å². The normalized spacial score (nSPS) is 22.9. The first-order valence-corrected chi connectivity index (χ1v) is 12.9. The lowest BCUT2D eigenvalue weighted by Crippen LogP contribution is -2.60. The Labute approximate surface area is 215 Å². The summed E-state index contributed by atoms with van der Waals surface area (Å²) in [5.74, 6) is -1.39.